The second-order valence-corrected chi connectivity index (χ2v) is 7.80. The summed E-state index contributed by atoms with van der Waals surface area (Å²) in [7, 11) is -1.88. The van der Waals surface area contributed by atoms with Gasteiger partial charge in [0.2, 0.25) is 0 Å². The molecule has 0 aromatic carbocycles. The molecule has 0 aliphatic carbocycles. The van der Waals surface area contributed by atoms with Gasteiger partial charge in [-0.3, -0.25) is 9.05 Å². The Morgan fingerprint density at radius 1 is 0.500 bits per heavy atom. The first-order valence-electron chi connectivity index (χ1n) is 10.5. The van der Waals surface area contributed by atoms with Crippen molar-refractivity contribution in [3.8, 4) is 0 Å². The van der Waals surface area contributed by atoms with Crippen molar-refractivity contribution >= 4 is 8.25 Å². The molecule has 3 nitrogen and oxygen atoms in total. The third-order valence-electron chi connectivity index (χ3n) is 4.39. The van der Waals surface area contributed by atoms with Crippen LogP contribution in [0.2, 0.25) is 0 Å². The summed E-state index contributed by atoms with van der Waals surface area (Å²) in [5.74, 6) is 0. The Hall–Kier alpha value is 0.0200. The van der Waals surface area contributed by atoms with Gasteiger partial charge in [0.05, 0.1) is 13.2 Å². The number of hydrogen-bond acceptors (Lipinski definition) is 3. The van der Waals surface area contributed by atoms with E-state index in [0.29, 0.717) is 13.2 Å². The summed E-state index contributed by atoms with van der Waals surface area (Å²) in [5, 5.41) is 0. The summed E-state index contributed by atoms with van der Waals surface area (Å²) in [6.45, 7) is 5.48. The first-order chi connectivity index (χ1) is 11.8. The predicted octanol–water partition coefficient (Wildman–Crippen LogP) is 7.96. The molecule has 0 spiro atoms. The van der Waals surface area contributed by atoms with Gasteiger partial charge in [-0.05, 0) is 12.8 Å². The Morgan fingerprint density at radius 2 is 0.833 bits per heavy atom. The van der Waals surface area contributed by atoms with Gasteiger partial charge in [-0.15, -0.1) is 0 Å². The average molecular weight is 362 g/mol. The zero-order valence-corrected chi connectivity index (χ0v) is 17.3. The normalized spacial score (nSPS) is 11.8. The van der Waals surface area contributed by atoms with Gasteiger partial charge in [0.15, 0.2) is 0 Å². The van der Waals surface area contributed by atoms with Crippen LogP contribution in [0, 0.1) is 0 Å². The lowest BCUT2D eigenvalue weighted by Crippen LogP contribution is -1.91. The zero-order chi connectivity index (χ0) is 17.7. The van der Waals surface area contributed by atoms with Gasteiger partial charge in [-0.1, -0.05) is 104 Å². The van der Waals surface area contributed by atoms with E-state index in [1.807, 2.05) is 0 Å². The second-order valence-electron chi connectivity index (χ2n) is 6.84. The van der Waals surface area contributed by atoms with E-state index in [4.69, 9.17) is 9.05 Å². The molecule has 0 aromatic heterocycles. The zero-order valence-electron chi connectivity index (χ0n) is 16.4. The van der Waals surface area contributed by atoms with E-state index in [1.54, 1.807) is 0 Å². The lowest BCUT2D eigenvalue weighted by molar-refractivity contribution is 0.219. The van der Waals surface area contributed by atoms with E-state index in [0.717, 1.165) is 19.3 Å². The van der Waals surface area contributed by atoms with Crippen LogP contribution in [0.5, 0.6) is 0 Å². The summed E-state index contributed by atoms with van der Waals surface area (Å²) >= 11 is 0. The van der Waals surface area contributed by atoms with E-state index in [9.17, 15) is 4.57 Å². The Labute approximate surface area is 152 Å². The molecular weight excluding hydrogens is 319 g/mol. The van der Waals surface area contributed by atoms with E-state index in [1.165, 1.54) is 83.5 Å². The minimum atomic E-state index is -1.88. The molecule has 0 amide bonds. The van der Waals surface area contributed by atoms with Crippen molar-refractivity contribution in [1.29, 1.82) is 0 Å². The van der Waals surface area contributed by atoms with Crippen LogP contribution >= 0.6 is 8.25 Å². The molecule has 1 atom stereocenters. The Bertz CT molecular complexity index is 259. The van der Waals surface area contributed by atoms with E-state index in [-0.39, 0.29) is 0 Å². The van der Waals surface area contributed by atoms with Crippen LogP contribution in [0.4, 0.5) is 0 Å². The SMILES string of the molecule is CCCCCCCCCCCCCCCCO[P](=O)OCCCC. The molecule has 145 valence electrons. The fourth-order valence-electron chi connectivity index (χ4n) is 2.76. The minimum Gasteiger partial charge on any atom is -0.283 e. The molecule has 0 aliphatic heterocycles. The van der Waals surface area contributed by atoms with Crippen molar-refractivity contribution in [3.05, 3.63) is 0 Å². The molecule has 0 rings (SSSR count). The van der Waals surface area contributed by atoms with Crippen molar-refractivity contribution in [1.82, 2.24) is 0 Å². The molecular formula is C20H42O3P. The van der Waals surface area contributed by atoms with Crippen LogP contribution in [0.15, 0.2) is 0 Å². The fraction of sp³-hybridized carbons (Fsp3) is 1.00. The monoisotopic (exact) mass is 361 g/mol. The molecule has 0 saturated heterocycles. The number of hydrogen-bond donors (Lipinski definition) is 0. The van der Waals surface area contributed by atoms with Crippen molar-refractivity contribution in [2.24, 2.45) is 0 Å². The summed E-state index contributed by atoms with van der Waals surface area (Å²) in [6.07, 6.45) is 20.9. The third-order valence-corrected chi connectivity index (χ3v) is 5.18. The first-order valence-corrected chi connectivity index (χ1v) is 11.6. The molecule has 1 unspecified atom stereocenters. The summed E-state index contributed by atoms with van der Waals surface area (Å²) in [5.41, 5.74) is 0. The first kappa shape index (κ1) is 24.0. The van der Waals surface area contributed by atoms with Crippen LogP contribution in [0.1, 0.15) is 117 Å². The van der Waals surface area contributed by atoms with Crippen molar-refractivity contribution in [2.75, 3.05) is 13.2 Å². The highest BCUT2D eigenvalue weighted by molar-refractivity contribution is 7.33. The largest absolute Gasteiger partial charge is 0.368 e. The van der Waals surface area contributed by atoms with Crippen LogP contribution < -0.4 is 0 Å². The second kappa shape index (κ2) is 21.1. The quantitative estimate of drug-likeness (QED) is 0.163. The Kier molecular flexibility index (Phi) is 21.1. The van der Waals surface area contributed by atoms with Crippen molar-refractivity contribution in [2.45, 2.75) is 117 Å². The van der Waals surface area contributed by atoms with Crippen LogP contribution in [-0.4, -0.2) is 13.2 Å². The topological polar surface area (TPSA) is 35.5 Å². The molecule has 4 heteroatoms. The lowest BCUT2D eigenvalue weighted by Gasteiger charge is -2.04. The lowest BCUT2D eigenvalue weighted by atomic mass is 10.0. The Balaban J connectivity index is 3.06. The average Bonchev–Trinajstić information content (AvgIpc) is 2.58. The highest BCUT2D eigenvalue weighted by Crippen LogP contribution is 2.24. The molecule has 0 fully saturated rings. The molecule has 0 saturated carbocycles. The highest BCUT2D eigenvalue weighted by atomic mass is 31.1. The minimum absolute atomic E-state index is 0.546. The standard InChI is InChI=1S/C20H42O3P/c1-3-5-7-8-9-10-11-12-13-14-15-16-17-18-20-23-24(21)22-19-6-4-2/h3-20H2,1-2H3. The van der Waals surface area contributed by atoms with Gasteiger partial charge < -0.3 is 0 Å². The highest BCUT2D eigenvalue weighted by Gasteiger charge is 2.01. The maximum Gasteiger partial charge on any atom is 0.368 e. The van der Waals surface area contributed by atoms with Crippen LogP contribution in [0.3, 0.4) is 0 Å². The summed E-state index contributed by atoms with van der Waals surface area (Å²) < 4.78 is 21.6. The maximum absolute atomic E-state index is 11.4. The van der Waals surface area contributed by atoms with Crippen LogP contribution in [-0.2, 0) is 13.6 Å². The van der Waals surface area contributed by atoms with Gasteiger partial charge in [0, 0.05) is 0 Å². The molecule has 0 heterocycles. The van der Waals surface area contributed by atoms with Crippen LogP contribution in [0.25, 0.3) is 0 Å². The van der Waals surface area contributed by atoms with E-state index < -0.39 is 8.25 Å². The smallest absolute Gasteiger partial charge is 0.283 e. The van der Waals surface area contributed by atoms with E-state index in [2.05, 4.69) is 13.8 Å². The molecule has 0 bridgehead atoms. The predicted molar refractivity (Wildman–Crippen MR) is 105 cm³/mol. The maximum atomic E-state index is 11.4. The third kappa shape index (κ3) is 20.1. The Morgan fingerprint density at radius 3 is 1.25 bits per heavy atom. The van der Waals surface area contributed by atoms with Gasteiger partial charge in [-0.25, -0.2) is 4.57 Å². The molecule has 24 heavy (non-hydrogen) atoms. The van der Waals surface area contributed by atoms with E-state index >= 15 is 0 Å². The van der Waals surface area contributed by atoms with Crippen molar-refractivity contribution < 1.29 is 13.6 Å². The molecule has 0 N–H and O–H groups in total. The number of unbranched alkanes of at least 4 members (excludes halogenated alkanes) is 14. The van der Waals surface area contributed by atoms with Gasteiger partial charge in [0.25, 0.3) is 0 Å². The molecule has 0 aliphatic rings. The van der Waals surface area contributed by atoms with Gasteiger partial charge >= 0.3 is 8.25 Å². The molecule has 1 radical (unpaired) electrons. The fourth-order valence-corrected chi connectivity index (χ4v) is 3.39. The van der Waals surface area contributed by atoms with Crippen molar-refractivity contribution in [3.63, 3.8) is 0 Å². The molecule has 0 aromatic rings. The summed E-state index contributed by atoms with van der Waals surface area (Å²) in [6, 6.07) is 0. The van der Waals surface area contributed by atoms with Gasteiger partial charge in [-0.2, -0.15) is 0 Å². The summed E-state index contributed by atoms with van der Waals surface area (Å²) in [4.78, 5) is 0. The number of rotatable bonds is 20. The van der Waals surface area contributed by atoms with Gasteiger partial charge in [0.1, 0.15) is 0 Å².